The number of ether oxygens (including phenoxy) is 1. The van der Waals surface area contributed by atoms with Gasteiger partial charge in [0.2, 0.25) is 11.9 Å². The lowest BCUT2D eigenvalue weighted by Crippen LogP contribution is -2.34. The maximum Gasteiger partial charge on any atom is 0.313 e. The van der Waals surface area contributed by atoms with Crippen LogP contribution in [0.25, 0.3) is 0 Å². The molecular weight excluding hydrogens is 392 g/mol. The standard InChI is InChI=1S/C23H26N6O2/c1-3-31-21(30)18-12-13-29(19-7-5-4-6-17(18)19)14-20-26-22(24)28-23(27-20)25-16-10-8-15(2)9-11-16/h4-11,18H,3,12-14H2,1-2H3,(H3,24,25,26,27,28)/t18-/m0/s1. The molecule has 4 rings (SSSR count). The summed E-state index contributed by atoms with van der Waals surface area (Å²) in [6.45, 7) is 5.38. The fraction of sp³-hybridized carbons (Fsp3) is 0.304. The van der Waals surface area contributed by atoms with Crippen LogP contribution < -0.4 is 16.0 Å². The number of benzene rings is 2. The number of nitrogens with one attached hydrogen (secondary N) is 1. The molecule has 1 aliphatic heterocycles. The van der Waals surface area contributed by atoms with Crippen molar-refractivity contribution in [2.45, 2.75) is 32.7 Å². The van der Waals surface area contributed by atoms with E-state index in [2.05, 4.69) is 25.2 Å². The molecule has 31 heavy (non-hydrogen) atoms. The van der Waals surface area contributed by atoms with Crippen LogP contribution in [0.5, 0.6) is 0 Å². The van der Waals surface area contributed by atoms with Crippen LogP contribution in [0.15, 0.2) is 48.5 Å². The van der Waals surface area contributed by atoms with Crippen molar-refractivity contribution in [3.05, 3.63) is 65.5 Å². The summed E-state index contributed by atoms with van der Waals surface area (Å²) in [7, 11) is 0. The minimum atomic E-state index is -0.255. The Labute approximate surface area is 181 Å². The quantitative estimate of drug-likeness (QED) is 0.585. The smallest absolute Gasteiger partial charge is 0.313 e. The first-order chi connectivity index (χ1) is 15.0. The number of anilines is 4. The number of carbonyl (C=O) groups is 1. The van der Waals surface area contributed by atoms with Crippen LogP contribution >= 0.6 is 0 Å². The minimum Gasteiger partial charge on any atom is -0.466 e. The number of para-hydroxylation sites is 1. The van der Waals surface area contributed by atoms with Crippen molar-refractivity contribution < 1.29 is 9.53 Å². The normalized spacial score (nSPS) is 15.3. The number of nitrogens with two attached hydrogens (primary N) is 1. The van der Waals surface area contributed by atoms with E-state index in [9.17, 15) is 4.79 Å². The molecule has 0 unspecified atom stereocenters. The molecule has 0 aliphatic carbocycles. The van der Waals surface area contributed by atoms with E-state index < -0.39 is 0 Å². The van der Waals surface area contributed by atoms with Gasteiger partial charge < -0.3 is 20.7 Å². The van der Waals surface area contributed by atoms with Gasteiger partial charge in [0.1, 0.15) is 0 Å². The molecule has 0 bridgehead atoms. The van der Waals surface area contributed by atoms with E-state index in [-0.39, 0.29) is 17.8 Å². The number of nitrogens with zero attached hydrogens (tertiary/aromatic N) is 4. The second-order valence-electron chi connectivity index (χ2n) is 7.50. The minimum absolute atomic E-state index is 0.161. The van der Waals surface area contributed by atoms with Gasteiger partial charge in [0.15, 0.2) is 5.82 Å². The third-order valence-corrected chi connectivity index (χ3v) is 5.25. The van der Waals surface area contributed by atoms with Gasteiger partial charge in [0.25, 0.3) is 0 Å². The third kappa shape index (κ3) is 4.74. The molecule has 160 valence electrons. The Morgan fingerprint density at radius 2 is 1.94 bits per heavy atom. The van der Waals surface area contributed by atoms with Gasteiger partial charge in [-0.3, -0.25) is 4.79 Å². The Morgan fingerprint density at radius 3 is 2.71 bits per heavy atom. The average molecular weight is 419 g/mol. The van der Waals surface area contributed by atoms with Crippen molar-refractivity contribution in [2.75, 3.05) is 29.1 Å². The molecule has 8 heteroatoms. The van der Waals surface area contributed by atoms with E-state index in [1.807, 2.05) is 62.4 Å². The lowest BCUT2D eigenvalue weighted by Gasteiger charge is -2.34. The van der Waals surface area contributed by atoms with Crippen LogP contribution in [-0.4, -0.2) is 34.1 Å². The summed E-state index contributed by atoms with van der Waals surface area (Å²) < 4.78 is 5.27. The van der Waals surface area contributed by atoms with Gasteiger partial charge in [-0.25, -0.2) is 0 Å². The number of esters is 1. The van der Waals surface area contributed by atoms with Crippen molar-refractivity contribution >= 4 is 29.2 Å². The first-order valence-electron chi connectivity index (χ1n) is 10.4. The molecule has 0 amide bonds. The van der Waals surface area contributed by atoms with Crippen LogP contribution in [0, 0.1) is 6.92 Å². The fourth-order valence-electron chi connectivity index (χ4n) is 3.78. The van der Waals surface area contributed by atoms with E-state index in [0.29, 0.717) is 37.9 Å². The Hall–Kier alpha value is -3.68. The van der Waals surface area contributed by atoms with Crippen LogP contribution in [0.4, 0.5) is 23.3 Å². The molecule has 3 aromatic rings. The zero-order valence-electron chi connectivity index (χ0n) is 17.7. The number of carbonyl (C=O) groups excluding carboxylic acids is 1. The predicted molar refractivity (Wildman–Crippen MR) is 120 cm³/mol. The van der Waals surface area contributed by atoms with Crippen molar-refractivity contribution in [2.24, 2.45) is 0 Å². The molecule has 1 aliphatic rings. The highest BCUT2D eigenvalue weighted by Crippen LogP contribution is 2.36. The number of hydrogen-bond donors (Lipinski definition) is 2. The van der Waals surface area contributed by atoms with Gasteiger partial charge in [-0.15, -0.1) is 0 Å². The summed E-state index contributed by atoms with van der Waals surface area (Å²) >= 11 is 0. The molecule has 3 N–H and O–H groups in total. The van der Waals surface area contributed by atoms with Crippen LogP contribution in [-0.2, 0) is 16.1 Å². The van der Waals surface area contributed by atoms with Gasteiger partial charge in [0.05, 0.1) is 19.1 Å². The Kier molecular flexibility index (Phi) is 5.97. The summed E-state index contributed by atoms with van der Waals surface area (Å²) in [5, 5.41) is 3.18. The first kappa shape index (κ1) is 20.6. The lowest BCUT2D eigenvalue weighted by atomic mass is 9.90. The number of hydrogen-bond acceptors (Lipinski definition) is 8. The average Bonchev–Trinajstić information content (AvgIpc) is 2.75. The predicted octanol–water partition coefficient (Wildman–Crippen LogP) is 3.56. The summed E-state index contributed by atoms with van der Waals surface area (Å²) in [5.41, 5.74) is 9.95. The molecule has 2 aromatic carbocycles. The summed E-state index contributed by atoms with van der Waals surface area (Å²) in [6.07, 6.45) is 0.672. The summed E-state index contributed by atoms with van der Waals surface area (Å²) in [5.74, 6) is 0.694. The Bertz CT molecular complexity index is 1070. The van der Waals surface area contributed by atoms with E-state index in [0.717, 1.165) is 16.9 Å². The van der Waals surface area contributed by atoms with Crippen molar-refractivity contribution in [3.63, 3.8) is 0 Å². The van der Waals surface area contributed by atoms with Gasteiger partial charge in [0, 0.05) is 17.9 Å². The molecule has 0 radical (unpaired) electrons. The van der Waals surface area contributed by atoms with E-state index in [4.69, 9.17) is 10.5 Å². The first-order valence-corrected chi connectivity index (χ1v) is 10.4. The topological polar surface area (TPSA) is 106 Å². The largest absolute Gasteiger partial charge is 0.466 e. The zero-order chi connectivity index (χ0) is 21.8. The Morgan fingerprint density at radius 1 is 1.16 bits per heavy atom. The van der Waals surface area contributed by atoms with Crippen molar-refractivity contribution in [3.8, 4) is 0 Å². The highest BCUT2D eigenvalue weighted by atomic mass is 16.5. The van der Waals surface area contributed by atoms with E-state index in [1.54, 1.807) is 0 Å². The molecule has 1 aromatic heterocycles. The van der Waals surface area contributed by atoms with Gasteiger partial charge in [-0.05, 0) is 44.0 Å². The van der Waals surface area contributed by atoms with E-state index in [1.165, 1.54) is 5.56 Å². The molecule has 1 atom stereocenters. The SMILES string of the molecule is CCOC(=O)[C@H]1CCN(Cc2nc(N)nc(Nc3ccc(C)cc3)n2)c2ccccc21. The molecule has 0 saturated heterocycles. The van der Waals surface area contributed by atoms with Crippen LogP contribution in [0.1, 0.15) is 36.2 Å². The molecular formula is C23H26N6O2. The molecule has 2 heterocycles. The van der Waals surface area contributed by atoms with Crippen LogP contribution in [0.2, 0.25) is 0 Å². The van der Waals surface area contributed by atoms with Crippen molar-refractivity contribution in [1.82, 2.24) is 15.0 Å². The highest BCUT2D eigenvalue weighted by molar-refractivity contribution is 5.82. The zero-order valence-corrected chi connectivity index (χ0v) is 17.7. The monoisotopic (exact) mass is 418 g/mol. The molecule has 0 fully saturated rings. The lowest BCUT2D eigenvalue weighted by molar-refractivity contribution is -0.145. The molecule has 8 nitrogen and oxygen atoms in total. The molecule has 0 spiro atoms. The number of aryl methyl sites for hydroxylation is 1. The second-order valence-corrected chi connectivity index (χ2v) is 7.50. The van der Waals surface area contributed by atoms with Crippen LogP contribution in [0.3, 0.4) is 0 Å². The number of nitrogen functional groups attached to an aromatic ring is 1. The van der Waals surface area contributed by atoms with E-state index >= 15 is 0 Å². The summed E-state index contributed by atoms with van der Waals surface area (Å²) in [4.78, 5) is 27.7. The third-order valence-electron chi connectivity index (χ3n) is 5.25. The summed E-state index contributed by atoms with van der Waals surface area (Å²) in [6, 6.07) is 15.9. The van der Waals surface area contributed by atoms with Gasteiger partial charge in [-0.1, -0.05) is 35.9 Å². The second kappa shape index (κ2) is 8.99. The number of aromatic nitrogens is 3. The Balaban J connectivity index is 1.56. The maximum absolute atomic E-state index is 12.4. The van der Waals surface area contributed by atoms with Crippen molar-refractivity contribution in [1.29, 1.82) is 0 Å². The fourth-order valence-corrected chi connectivity index (χ4v) is 3.78. The number of rotatable bonds is 6. The maximum atomic E-state index is 12.4. The number of fused-ring (bicyclic) bond motifs is 1. The van der Waals surface area contributed by atoms with Gasteiger partial charge in [-0.2, -0.15) is 15.0 Å². The molecule has 0 saturated carbocycles. The van der Waals surface area contributed by atoms with Gasteiger partial charge >= 0.3 is 5.97 Å². The highest BCUT2D eigenvalue weighted by Gasteiger charge is 2.31.